The Kier molecular flexibility index (Phi) is 3.19. The first-order valence-electron chi connectivity index (χ1n) is 5.16. The Bertz CT molecular complexity index is 222. The number of alkyl halides is 3. The molecule has 1 saturated carbocycles. The fourth-order valence-corrected chi connectivity index (χ4v) is 2.70. The smallest absolute Gasteiger partial charge is 0.311 e. The van der Waals surface area contributed by atoms with Crippen molar-refractivity contribution < 1.29 is 13.2 Å². The average molecular weight is 240 g/mol. The van der Waals surface area contributed by atoms with Crippen LogP contribution in [0.25, 0.3) is 0 Å². The van der Waals surface area contributed by atoms with Gasteiger partial charge < -0.3 is 10.6 Å². The topological polar surface area (TPSA) is 24.1 Å². The van der Waals surface area contributed by atoms with Gasteiger partial charge in [-0.15, -0.1) is 0 Å². The van der Waals surface area contributed by atoms with Gasteiger partial charge in [0.1, 0.15) is 5.54 Å². The summed E-state index contributed by atoms with van der Waals surface area (Å²) >= 11 is 1.80. The summed E-state index contributed by atoms with van der Waals surface area (Å²) in [5.41, 5.74) is -1.56. The number of rotatable bonds is 3. The SMILES string of the molecule is FC(F)(F)C1(NCC2CSCCN2)CC1. The van der Waals surface area contributed by atoms with E-state index in [0.29, 0.717) is 6.54 Å². The van der Waals surface area contributed by atoms with Crippen molar-refractivity contribution in [2.45, 2.75) is 30.6 Å². The highest BCUT2D eigenvalue weighted by Crippen LogP contribution is 2.48. The lowest BCUT2D eigenvalue weighted by Gasteiger charge is -2.27. The zero-order valence-corrected chi connectivity index (χ0v) is 9.18. The maximum atomic E-state index is 12.6. The maximum absolute atomic E-state index is 12.6. The van der Waals surface area contributed by atoms with Crippen molar-refractivity contribution in [3.05, 3.63) is 0 Å². The first kappa shape index (κ1) is 11.5. The van der Waals surface area contributed by atoms with E-state index in [0.717, 1.165) is 18.1 Å². The monoisotopic (exact) mass is 240 g/mol. The summed E-state index contributed by atoms with van der Waals surface area (Å²) in [6, 6.07) is 0.184. The average Bonchev–Trinajstić information content (AvgIpc) is 2.96. The Morgan fingerprint density at radius 3 is 2.60 bits per heavy atom. The third-order valence-electron chi connectivity index (χ3n) is 2.98. The Morgan fingerprint density at radius 2 is 2.13 bits per heavy atom. The summed E-state index contributed by atoms with van der Waals surface area (Å²) < 4.78 is 37.7. The molecule has 1 atom stereocenters. The second-order valence-electron chi connectivity index (χ2n) is 4.19. The molecule has 0 spiro atoms. The third-order valence-corrected chi connectivity index (χ3v) is 4.11. The number of nitrogens with one attached hydrogen (secondary N) is 2. The van der Waals surface area contributed by atoms with Crippen LogP contribution in [0, 0.1) is 0 Å². The molecule has 0 amide bonds. The van der Waals surface area contributed by atoms with Gasteiger partial charge in [-0.05, 0) is 12.8 Å². The van der Waals surface area contributed by atoms with E-state index in [1.54, 1.807) is 11.8 Å². The summed E-state index contributed by atoms with van der Waals surface area (Å²) in [4.78, 5) is 0. The summed E-state index contributed by atoms with van der Waals surface area (Å²) in [7, 11) is 0. The molecule has 2 nitrogen and oxygen atoms in total. The molecule has 6 heteroatoms. The summed E-state index contributed by atoms with van der Waals surface area (Å²) in [5.74, 6) is 1.96. The van der Waals surface area contributed by atoms with E-state index in [9.17, 15) is 13.2 Å². The Balaban J connectivity index is 1.77. The van der Waals surface area contributed by atoms with Gasteiger partial charge in [0.2, 0.25) is 0 Å². The summed E-state index contributed by atoms with van der Waals surface area (Å²) in [5, 5.41) is 5.90. The van der Waals surface area contributed by atoms with Gasteiger partial charge in [-0.25, -0.2) is 0 Å². The van der Waals surface area contributed by atoms with Crippen molar-refractivity contribution in [3.8, 4) is 0 Å². The lowest BCUT2D eigenvalue weighted by molar-refractivity contribution is -0.165. The minimum atomic E-state index is -4.09. The summed E-state index contributed by atoms with van der Waals surface area (Å²) in [6.45, 7) is 1.32. The van der Waals surface area contributed by atoms with Crippen LogP contribution in [-0.4, -0.2) is 42.4 Å². The predicted octanol–water partition coefficient (Wildman–Crippen LogP) is 1.38. The van der Waals surface area contributed by atoms with E-state index in [1.807, 2.05) is 0 Å². The maximum Gasteiger partial charge on any atom is 0.406 e. The van der Waals surface area contributed by atoms with E-state index in [4.69, 9.17) is 0 Å². The molecule has 2 fully saturated rings. The van der Waals surface area contributed by atoms with Crippen LogP contribution in [0.15, 0.2) is 0 Å². The normalized spacial score (nSPS) is 30.2. The number of halogens is 3. The molecule has 0 aromatic heterocycles. The molecule has 1 aliphatic carbocycles. The Labute approximate surface area is 91.4 Å². The molecule has 1 heterocycles. The van der Waals surface area contributed by atoms with E-state index >= 15 is 0 Å². The second-order valence-corrected chi connectivity index (χ2v) is 5.34. The lowest BCUT2D eigenvalue weighted by atomic mass is 10.2. The predicted molar refractivity (Wildman–Crippen MR) is 55.1 cm³/mol. The van der Waals surface area contributed by atoms with Crippen molar-refractivity contribution in [2.24, 2.45) is 0 Å². The van der Waals surface area contributed by atoms with Gasteiger partial charge in [-0.3, -0.25) is 0 Å². The van der Waals surface area contributed by atoms with Gasteiger partial charge in [0.15, 0.2) is 0 Å². The fraction of sp³-hybridized carbons (Fsp3) is 1.00. The van der Waals surface area contributed by atoms with Gasteiger partial charge >= 0.3 is 6.18 Å². The zero-order valence-electron chi connectivity index (χ0n) is 8.36. The molecule has 2 rings (SSSR count). The molecule has 0 aromatic carbocycles. The minimum Gasteiger partial charge on any atom is -0.311 e. The molecule has 0 aromatic rings. The highest BCUT2D eigenvalue weighted by molar-refractivity contribution is 7.99. The van der Waals surface area contributed by atoms with Crippen molar-refractivity contribution in [3.63, 3.8) is 0 Å². The van der Waals surface area contributed by atoms with Crippen LogP contribution in [0.2, 0.25) is 0 Å². The van der Waals surface area contributed by atoms with Crippen molar-refractivity contribution in [1.29, 1.82) is 0 Å². The van der Waals surface area contributed by atoms with Crippen LogP contribution in [0.3, 0.4) is 0 Å². The summed E-state index contributed by atoms with van der Waals surface area (Å²) in [6.07, 6.45) is -3.62. The van der Waals surface area contributed by atoms with Crippen molar-refractivity contribution in [1.82, 2.24) is 10.6 Å². The van der Waals surface area contributed by atoms with Crippen molar-refractivity contribution in [2.75, 3.05) is 24.6 Å². The first-order chi connectivity index (χ1) is 7.04. The van der Waals surface area contributed by atoms with Crippen LogP contribution in [0.5, 0.6) is 0 Å². The molecule has 1 aliphatic heterocycles. The Morgan fingerprint density at radius 1 is 1.40 bits per heavy atom. The molecule has 0 bridgehead atoms. The first-order valence-corrected chi connectivity index (χ1v) is 6.32. The standard InChI is InChI=1S/C9H15F3N2S/c10-9(11,12)8(1-2-8)14-5-7-6-15-4-3-13-7/h7,13-14H,1-6H2. The van der Waals surface area contributed by atoms with E-state index < -0.39 is 11.7 Å². The van der Waals surface area contributed by atoms with Gasteiger partial charge in [-0.2, -0.15) is 24.9 Å². The van der Waals surface area contributed by atoms with Crippen LogP contribution in [0.4, 0.5) is 13.2 Å². The number of hydrogen-bond donors (Lipinski definition) is 2. The second kappa shape index (κ2) is 4.14. The Hall–Kier alpha value is 0.0600. The van der Waals surface area contributed by atoms with Crippen LogP contribution in [0.1, 0.15) is 12.8 Å². The molecular weight excluding hydrogens is 225 g/mol. The number of hydrogen-bond acceptors (Lipinski definition) is 3. The van der Waals surface area contributed by atoms with E-state index in [1.165, 1.54) is 0 Å². The van der Waals surface area contributed by atoms with E-state index in [-0.39, 0.29) is 18.9 Å². The van der Waals surface area contributed by atoms with Gasteiger partial charge in [-0.1, -0.05) is 0 Å². The van der Waals surface area contributed by atoms with Crippen molar-refractivity contribution >= 4 is 11.8 Å². The quantitative estimate of drug-likeness (QED) is 0.779. The lowest BCUT2D eigenvalue weighted by Crippen LogP contribution is -2.52. The van der Waals surface area contributed by atoms with Gasteiger partial charge in [0.05, 0.1) is 0 Å². The molecular formula is C9H15F3N2S. The largest absolute Gasteiger partial charge is 0.406 e. The molecule has 1 unspecified atom stereocenters. The van der Waals surface area contributed by atoms with Crippen LogP contribution < -0.4 is 10.6 Å². The molecule has 1 saturated heterocycles. The zero-order chi connectivity index (χ0) is 10.9. The fourth-order valence-electron chi connectivity index (χ4n) is 1.75. The third kappa shape index (κ3) is 2.60. The van der Waals surface area contributed by atoms with Crippen LogP contribution in [-0.2, 0) is 0 Å². The molecule has 88 valence electrons. The number of thioether (sulfide) groups is 1. The highest BCUT2D eigenvalue weighted by Gasteiger charge is 2.63. The minimum absolute atomic E-state index is 0.184. The van der Waals surface area contributed by atoms with Crippen LogP contribution >= 0.6 is 11.8 Å². The highest BCUT2D eigenvalue weighted by atomic mass is 32.2. The molecule has 2 N–H and O–H groups in total. The molecule has 0 radical (unpaired) electrons. The van der Waals surface area contributed by atoms with Gasteiger partial charge in [0.25, 0.3) is 0 Å². The van der Waals surface area contributed by atoms with E-state index in [2.05, 4.69) is 10.6 Å². The molecule has 15 heavy (non-hydrogen) atoms. The molecule has 2 aliphatic rings. The van der Waals surface area contributed by atoms with Gasteiger partial charge in [0, 0.05) is 30.6 Å².